The molecule has 0 aliphatic heterocycles. The number of nitro groups is 1. The van der Waals surface area contributed by atoms with E-state index < -0.39 is 4.92 Å². The first-order valence-electron chi connectivity index (χ1n) is 7.50. The van der Waals surface area contributed by atoms with Gasteiger partial charge in [-0.15, -0.1) is 0 Å². The molecule has 128 valence electrons. The summed E-state index contributed by atoms with van der Waals surface area (Å²) in [6.07, 6.45) is 2.75. The molecule has 0 radical (unpaired) electrons. The minimum Gasteiger partial charge on any atom is -0.349 e. The van der Waals surface area contributed by atoms with Crippen LogP contribution in [0.4, 0.5) is 5.69 Å². The van der Waals surface area contributed by atoms with Gasteiger partial charge < -0.3 is 4.98 Å². The Bertz CT molecular complexity index is 1240. The average Bonchev–Trinajstić information content (AvgIpc) is 3.00. The lowest BCUT2D eigenvalue weighted by molar-refractivity contribution is -0.384. The number of rotatable bonds is 3. The van der Waals surface area contributed by atoms with E-state index in [-0.39, 0.29) is 11.2 Å². The first-order chi connectivity index (χ1) is 12.5. The van der Waals surface area contributed by atoms with Crippen LogP contribution in [0.25, 0.3) is 21.9 Å². The molecule has 0 saturated carbocycles. The van der Waals surface area contributed by atoms with Crippen molar-refractivity contribution < 1.29 is 4.92 Å². The quantitative estimate of drug-likeness (QED) is 0.340. The Hall–Kier alpha value is -3.52. The van der Waals surface area contributed by atoms with Crippen molar-refractivity contribution in [1.82, 2.24) is 14.6 Å². The molecule has 2 aromatic carbocycles. The van der Waals surface area contributed by atoms with E-state index >= 15 is 0 Å². The van der Waals surface area contributed by atoms with Gasteiger partial charge in [-0.3, -0.25) is 14.9 Å². The molecular weight excluding hydrogens is 358 g/mol. The Labute approximate surface area is 150 Å². The summed E-state index contributed by atoms with van der Waals surface area (Å²) >= 11 is 6.00. The lowest BCUT2D eigenvalue weighted by Gasteiger charge is -1.98. The number of nitrogens with one attached hydrogen (secondary N) is 1. The lowest BCUT2D eigenvalue weighted by atomic mass is 10.2. The third kappa shape index (κ3) is 2.72. The van der Waals surface area contributed by atoms with Crippen molar-refractivity contribution in [2.24, 2.45) is 5.10 Å². The van der Waals surface area contributed by atoms with Crippen LogP contribution in [-0.2, 0) is 0 Å². The van der Waals surface area contributed by atoms with Crippen molar-refractivity contribution in [3.05, 3.63) is 79.8 Å². The number of aromatic amines is 1. The molecule has 0 unspecified atom stereocenters. The van der Waals surface area contributed by atoms with E-state index in [1.54, 1.807) is 30.3 Å². The minimum absolute atomic E-state index is 0.0147. The minimum atomic E-state index is -0.481. The average molecular weight is 368 g/mol. The molecule has 0 bridgehead atoms. The molecule has 0 amide bonds. The van der Waals surface area contributed by atoms with Gasteiger partial charge in [-0.2, -0.15) is 9.78 Å². The van der Waals surface area contributed by atoms with Crippen LogP contribution >= 0.6 is 11.6 Å². The van der Waals surface area contributed by atoms with E-state index in [0.717, 1.165) is 15.6 Å². The molecule has 2 heterocycles. The van der Waals surface area contributed by atoms with Crippen LogP contribution in [0.2, 0.25) is 5.02 Å². The van der Waals surface area contributed by atoms with Gasteiger partial charge in [0.15, 0.2) is 0 Å². The Morgan fingerprint density at radius 1 is 1.23 bits per heavy atom. The highest BCUT2D eigenvalue weighted by atomic mass is 35.5. The van der Waals surface area contributed by atoms with Crippen molar-refractivity contribution in [2.75, 3.05) is 0 Å². The predicted molar refractivity (Wildman–Crippen MR) is 99.0 cm³/mol. The van der Waals surface area contributed by atoms with Crippen LogP contribution in [-0.4, -0.2) is 25.8 Å². The summed E-state index contributed by atoms with van der Waals surface area (Å²) in [4.78, 5) is 30.1. The maximum atomic E-state index is 12.6. The fourth-order valence-electron chi connectivity index (χ4n) is 2.61. The Morgan fingerprint density at radius 2 is 2.00 bits per heavy atom. The van der Waals surface area contributed by atoms with Crippen molar-refractivity contribution in [2.45, 2.75) is 0 Å². The maximum Gasteiger partial charge on any atom is 0.298 e. The number of hydrogen-bond acceptors (Lipinski definition) is 5. The molecule has 0 saturated heterocycles. The zero-order valence-corrected chi connectivity index (χ0v) is 13.8. The summed E-state index contributed by atoms with van der Waals surface area (Å²) in [5.41, 5.74) is 1.84. The number of fused-ring (bicyclic) bond motifs is 3. The fraction of sp³-hybridized carbons (Fsp3) is 0. The van der Waals surface area contributed by atoms with Gasteiger partial charge >= 0.3 is 0 Å². The van der Waals surface area contributed by atoms with E-state index in [0.29, 0.717) is 21.6 Å². The Kier molecular flexibility index (Phi) is 3.74. The smallest absolute Gasteiger partial charge is 0.298 e. The number of hydrogen-bond donors (Lipinski definition) is 1. The number of nitrogens with zero attached hydrogens (tertiary/aromatic N) is 4. The van der Waals surface area contributed by atoms with Gasteiger partial charge in [0.05, 0.1) is 11.1 Å². The molecule has 2 aromatic heterocycles. The van der Waals surface area contributed by atoms with Crippen molar-refractivity contribution in [1.29, 1.82) is 0 Å². The third-order valence-corrected chi connectivity index (χ3v) is 4.12. The molecule has 0 atom stereocenters. The zero-order chi connectivity index (χ0) is 18.3. The molecule has 0 fully saturated rings. The second-order valence-electron chi connectivity index (χ2n) is 5.53. The summed E-state index contributed by atoms with van der Waals surface area (Å²) in [5, 5.41) is 16.1. The molecular formula is C17H10ClN5O3. The van der Waals surface area contributed by atoms with E-state index in [2.05, 4.69) is 15.1 Å². The number of aromatic nitrogens is 3. The molecule has 0 aliphatic rings. The Balaban J connectivity index is 1.75. The van der Waals surface area contributed by atoms with Gasteiger partial charge in [0, 0.05) is 28.1 Å². The van der Waals surface area contributed by atoms with Gasteiger partial charge in [0.1, 0.15) is 17.4 Å². The van der Waals surface area contributed by atoms with Crippen molar-refractivity contribution in [3.8, 4) is 0 Å². The van der Waals surface area contributed by atoms with Gasteiger partial charge in [-0.25, -0.2) is 4.98 Å². The molecule has 0 spiro atoms. The molecule has 26 heavy (non-hydrogen) atoms. The number of H-pyrrole nitrogens is 1. The number of halogens is 1. The number of nitro benzene ring substituents is 1. The predicted octanol–water partition coefficient (Wildman–Crippen LogP) is 3.32. The standard InChI is InChI=1S/C17H10ClN5O3/c18-11-3-6-14-13(7-11)15-16(21-14)17(24)22(9-19-15)20-8-10-1-4-12(5-2-10)23(25)26/h1-9,21H. The number of non-ortho nitro benzene ring substituents is 1. The van der Waals surface area contributed by atoms with Crippen LogP contribution in [0.15, 0.2) is 58.7 Å². The zero-order valence-electron chi connectivity index (χ0n) is 13.1. The second-order valence-corrected chi connectivity index (χ2v) is 5.96. The summed E-state index contributed by atoms with van der Waals surface area (Å²) in [5.74, 6) is 0. The summed E-state index contributed by atoms with van der Waals surface area (Å²) in [6.45, 7) is 0. The highest BCUT2D eigenvalue weighted by Crippen LogP contribution is 2.24. The van der Waals surface area contributed by atoms with E-state index in [4.69, 9.17) is 11.6 Å². The highest BCUT2D eigenvalue weighted by Gasteiger charge is 2.11. The summed E-state index contributed by atoms with van der Waals surface area (Å²) < 4.78 is 1.10. The first kappa shape index (κ1) is 16.0. The first-order valence-corrected chi connectivity index (χ1v) is 7.88. The van der Waals surface area contributed by atoms with Crippen molar-refractivity contribution in [3.63, 3.8) is 0 Å². The van der Waals surface area contributed by atoms with Crippen LogP contribution in [0.3, 0.4) is 0 Å². The van der Waals surface area contributed by atoms with Crippen LogP contribution < -0.4 is 5.56 Å². The van der Waals surface area contributed by atoms with E-state index in [1.807, 2.05) is 0 Å². The van der Waals surface area contributed by atoms with Gasteiger partial charge in [-0.1, -0.05) is 11.6 Å². The van der Waals surface area contributed by atoms with Crippen LogP contribution in [0.5, 0.6) is 0 Å². The molecule has 0 aliphatic carbocycles. The fourth-order valence-corrected chi connectivity index (χ4v) is 2.78. The molecule has 9 heteroatoms. The van der Waals surface area contributed by atoms with Gasteiger partial charge in [0.2, 0.25) is 0 Å². The van der Waals surface area contributed by atoms with Crippen LogP contribution in [0.1, 0.15) is 5.56 Å². The van der Waals surface area contributed by atoms with Crippen molar-refractivity contribution >= 4 is 45.4 Å². The normalized spacial score (nSPS) is 11.6. The monoisotopic (exact) mass is 367 g/mol. The Morgan fingerprint density at radius 3 is 2.73 bits per heavy atom. The lowest BCUT2D eigenvalue weighted by Crippen LogP contribution is -2.17. The van der Waals surface area contributed by atoms with Gasteiger partial charge in [-0.05, 0) is 35.9 Å². The largest absolute Gasteiger partial charge is 0.349 e. The maximum absolute atomic E-state index is 12.6. The van der Waals surface area contributed by atoms with Crippen LogP contribution in [0, 0.1) is 10.1 Å². The highest BCUT2D eigenvalue weighted by molar-refractivity contribution is 6.31. The number of benzene rings is 2. The second kappa shape index (κ2) is 6.08. The van der Waals surface area contributed by atoms with E-state index in [1.165, 1.54) is 24.7 Å². The third-order valence-electron chi connectivity index (χ3n) is 3.89. The molecule has 1 N–H and O–H groups in total. The topological polar surface area (TPSA) is 106 Å². The SMILES string of the molecule is O=c1c2[nH]c3ccc(Cl)cc3c2ncn1N=Cc1ccc([N+](=O)[O-])cc1. The molecule has 8 nitrogen and oxygen atoms in total. The molecule has 4 rings (SSSR count). The van der Waals surface area contributed by atoms with Gasteiger partial charge in [0.25, 0.3) is 11.2 Å². The summed E-state index contributed by atoms with van der Waals surface area (Å²) in [7, 11) is 0. The molecule has 4 aromatic rings. The summed E-state index contributed by atoms with van der Waals surface area (Å²) in [6, 6.07) is 11.1. The van der Waals surface area contributed by atoms with E-state index in [9.17, 15) is 14.9 Å².